The SMILES string of the molecule is N#Cc1ccc(O[C@H]2CC[C@H](NC(=O)c3cccnc3)CC2)cc1C(F)(F)F. The van der Waals surface area contributed by atoms with Gasteiger partial charge in [-0.25, -0.2) is 0 Å². The average Bonchev–Trinajstić information content (AvgIpc) is 2.69. The lowest BCUT2D eigenvalue weighted by Gasteiger charge is -2.29. The van der Waals surface area contributed by atoms with Crippen molar-refractivity contribution in [2.45, 2.75) is 44.0 Å². The summed E-state index contributed by atoms with van der Waals surface area (Å²) in [7, 11) is 0. The maximum atomic E-state index is 13.1. The van der Waals surface area contributed by atoms with E-state index in [1.807, 2.05) is 0 Å². The maximum Gasteiger partial charge on any atom is 0.417 e. The first-order valence-corrected chi connectivity index (χ1v) is 8.85. The van der Waals surface area contributed by atoms with E-state index in [-0.39, 0.29) is 23.8 Å². The van der Waals surface area contributed by atoms with E-state index in [0.717, 1.165) is 12.1 Å². The zero-order valence-electron chi connectivity index (χ0n) is 14.9. The molecule has 1 amide bonds. The van der Waals surface area contributed by atoms with Gasteiger partial charge in [-0.05, 0) is 56.0 Å². The van der Waals surface area contributed by atoms with Crippen LogP contribution in [-0.4, -0.2) is 23.0 Å². The molecule has 0 spiro atoms. The Kier molecular flexibility index (Phi) is 5.83. The van der Waals surface area contributed by atoms with Crippen LogP contribution in [0.2, 0.25) is 0 Å². The summed E-state index contributed by atoms with van der Waals surface area (Å²) in [4.78, 5) is 16.1. The van der Waals surface area contributed by atoms with Gasteiger partial charge >= 0.3 is 6.18 Å². The Morgan fingerprint density at radius 2 is 1.96 bits per heavy atom. The standard InChI is InChI=1S/C20H18F3N3O2/c21-20(22,23)18-10-17(6-3-13(18)11-24)28-16-7-4-15(5-8-16)26-19(27)14-2-1-9-25-12-14/h1-3,6,9-10,12,15-16H,4-5,7-8H2,(H,26,27)/t15-,16-. The van der Waals surface area contributed by atoms with Gasteiger partial charge in [0, 0.05) is 18.4 Å². The second-order valence-corrected chi connectivity index (χ2v) is 6.62. The molecule has 0 atom stereocenters. The molecule has 5 nitrogen and oxygen atoms in total. The van der Waals surface area contributed by atoms with Crippen LogP contribution in [0.3, 0.4) is 0 Å². The first-order valence-electron chi connectivity index (χ1n) is 8.85. The number of benzene rings is 1. The maximum absolute atomic E-state index is 13.1. The Morgan fingerprint density at radius 3 is 2.57 bits per heavy atom. The van der Waals surface area contributed by atoms with E-state index in [9.17, 15) is 18.0 Å². The Hall–Kier alpha value is -3.08. The minimum atomic E-state index is -4.61. The number of rotatable bonds is 4. The molecular weight excluding hydrogens is 371 g/mol. The van der Waals surface area contributed by atoms with Gasteiger partial charge in [0.25, 0.3) is 5.91 Å². The number of nitrogens with zero attached hydrogens (tertiary/aromatic N) is 2. The molecule has 28 heavy (non-hydrogen) atoms. The van der Waals surface area contributed by atoms with Crippen molar-refractivity contribution in [3.8, 4) is 11.8 Å². The van der Waals surface area contributed by atoms with Crippen LogP contribution < -0.4 is 10.1 Å². The molecule has 0 radical (unpaired) electrons. The van der Waals surface area contributed by atoms with Gasteiger partial charge in [0.15, 0.2) is 0 Å². The molecular formula is C20H18F3N3O2. The van der Waals surface area contributed by atoms with Crippen LogP contribution in [-0.2, 0) is 6.18 Å². The number of hydrogen-bond donors (Lipinski definition) is 1. The highest BCUT2D eigenvalue weighted by Crippen LogP contribution is 2.35. The Bertz CT molecular complexity index is 871. The lowest BCUT2D eigenvalue weighted by atomic mass is 9.92. The third-order valence-electron chi connectivity index (χ3n) is 4.65. The fraction of sp³-hybridized carbons (Fsp3) is 0.350. The molecule has 0 aliphatic heterocycles. The third kappa shape index (κ3) is 4.80. The number of nitrogens with one attached hydrogen (secondary N) is 1. The lowest BCUT2D eigenvalue weighted by molar-refractivity contribution is -0.137. The highest BCUT2D eigenvalue weighted by molar-refractivity contribution is 5.94. The van der Waals surface area contributed by atoms with E-state index >= 15 is 0 Å². The molecule has 8 heteroatoms. The van der Waals surface area contributed by atoms with Crippen LogP contribution in [0.1, 0.15) is 47.2 Å². The second-order valence-electron chi connectivity index (χ2n) is 6.62. The summed E-state index contributed by atoms with van der Waals surface area (Å²) in [6, 6.07) is 8.28. The number of amides is 1. The summed E-state index contributed by atoms with van der Waals surface area (Å²) in [5.74, 6) is -0.103. The van der Waals surface area contributed by atoms with Crippen molar-refractivity contribution in [2.75, 3.05) is 0 Å². The van der Waals surface area contributed by atoms with Crippen LogP contribution in [0.15, 0.2) is 42.7 Å². The van der Waals surface area contributed by atoms with Crippen LogP contribution in [0, 0.1) is 11.3 Å². The predicted molar refractivity (Wildman–Crippen MR) is 94.5 cm³/mol. The van der Waals surface area contributed by atoms with Crippen molar-refractivity contribution in [1.82, 2.24) is 10.3 Å². The molecule has 1 fully saturated rings. The van der Waals surface area contributed by atoms with E-state index in [2.05, 4.69) is 10.3 Å². The molecule has 1 N–H and O–H groups in total. The molecule has 3 rings (SSSR count). The summed E-state index contributed by atoms with van der Waals surface area (Å²) in [6.45, 7) is 0. The third-order valence-corrected chi connectivity index (χ3v) is 4.65. The second kappa shape index (κ2) is 8.30. The Labute approximate surface area is 160 Å². The van der Waals surface area contributed by atoms with Crippen LogP contribution in [0.5, 0.6) is 5.75 Å². The Morgan fingerprint density at radius 1 is 1.21 bits per heavy atom. The van der Waals surface area contributed by atoms with Crippen LogP contribution in [0.4, 0.5) is 13.2 Å². The van der Waals surface area contributed by atoms with Gasteiger partial charge < -0.3 is 10.1 Å². The molecule has 1 aliphatic carbocycles. The van der Waals surface area contributed by atoms with Gasteiger partial charge in [-0.2, -0.15) is 18.4 Å². The van der Waals surface area contributed by atoms with E-state index < -0.39 is 17.3 Å². The van der Waals surface area contributed by atoms with Gasteiger partial charge in [0.1, 0.15) is 5.75 Å². The number of carbonyl (C=O) groups is 1. The molecule has 1 saturated carbocycles. The number of carbonyl (C=O) groups excluding carboxylic acids is 1. The summed E-state index contributed by atoms with van der Waals surface area (Å²) in [5, 5.41) is 11.8. The summed E-state index contributed by atoms with van der Waals surface area (Å²) in [5.41, 5.74) is -0.940. The summed E-state index contributed by atoms with van der Waals surface area (Å²) < 4.78 is 44.9. The van der Waals surface area contributed by atoms with Crippen LogP contribution in [0.25, 0.3) is 0 Å². The molecule has 1 aliphatic rings. The minimum Gasteiger partial charge on any atom is -0.490 e. The summed E-state index contributed by atoms with van der Waals surface area (Å²) >= 11 is 0. The predicted octanol–water partition coefficient (Wildman–Crippen LogP) is 4.09. The van der Waals surface area contributed by atoms with Gasteiger partial charge in [-0.1, -0.05) is 0 Å². The fourth-order valence-corrected chi connectivity index (χ4v) is 3.21. The van der Waals surface area contributed by atoms with E-state index in [1.165, 1.54) is 12.3 Å². The van der Waals surface area contributed by atoms with Gasteiger partial charge in [-0.3, -0.25) is 9.78 Å². The summed E-state index contributed by atoms with van der Waals surface area (Å²) in [6.07, 6.45) is 0.788. The highest BCUT2D eigenvalue weighted by atomic mass is 19.4. The van der Waals surface area contributed by atoms with Crippen molar-refractivity contribution in [3.63, 3.8) is 0 Å². The molecule has 0 bridgehead atoms. The molecule has 1 heterocycles. The quantitative estimate of drug-likeness (QED) is 0.855. The molecule has 1 aromatic heterocycles. The molecule has 146 valence electrons. The van der Waals surface area contributed by atoms with Crippen molar-refractivity contribution in [3.05, 3.63) is 59.4 Å². The van der Waals surface area contributed by atoms with Crippen molar-refractivity contribution in [1.29, 1.82) is 5.26 Å². The van der Waals surface area contributed by atoms with Gasteiger partial charge in [-0.15, -0.1) is 0 Å². The lowest BCUT2D eigenvalue weighted by Crippen LogP contribution is -2.39. The molecule has 0 unspecified atom stereocenters. The zero-order valence-corrected chi connectivity index (χ0v) is 14.9. The van der Waals surface area contributed by atoms with Gasteiger partial charge in [0.2, 0.25) is 0 Å². The monoisotopic (exact) mass is 389 g/mol. The highest BCUT2D eigenvalue weighted by Gasteiger charge is 2.34. The van der Waals surface area contributed by atoms with E-state index in [4.69, 9.17) is 10.00 Å². The van der Waals surface area contributed by atoms with E-state index in [0.29, 0.717) is 31.2 Å². The minimum absolute atomic E-state index is 0.0146. The van der Waals surface area contributed by atoms with E-state index in [1.54, 1.807) is 24.4 Å². The van der Waals surface area contributed by atoms with Crippen molar-refractivity contribution < 1.29 is 22.7 Å². The Balaban J connectivity index is 1.56. The van der Waals surface area contributed by atoms with Crippen molar-refractivity contribution in [2.24, 2.45) is 0 Å². The number of pyridine rings is 1. The fourth-order valence-electron chi connectivity index (χ4n) is 3.21. The normalized spacial score (nSPS) is 19.5. The first-order chi connectivity index (χ1) is 13.4. The zero-order chi connectivity index (χ0) is 20.1. The largest absolute Gasteiger partial charge is 0.490 e. The first kappa shape index (κ1) is 19.7. The molecule has 1 aromatic carbocycles. The number of alkyl halides is 3. The van der Waals surface area contributed by atoms with Crippen molar-refractivity contribution >= 4 is 5.91 Å². The number of nitriles is 1. The number of ether oxygens (including phenoxy) is 1. The smallest absolute Gasteiger partial charge is 0.417 e. The number of hydrogen-bond acceptors (Lipinski definition) is 4. The molecule has 2 aromatic rings. The topological polar surface area (TPSA) is 75.0 Å². The number of halogens is 3. The number of aromatic nitrogens is 1. The molecule has 0 saturated heterocycles. The van der Waals surface area contributed by atoms with Crippen LogP contribution >= 0.6 is 0 Å². The van der Waals surface area contributed by atoms with Gasteiger partial charge in [0.05, 0.1) is 28.9 Å². The average molecular weight is 389 g/mol.